The second kappa shape index (κ2) is 8.64. The average molecular weight is 361 g/mol. The largest absolute Gasteiger partial charge is 0.434 e. The molecule has 26 heavy (non-hydrogen) atoms. The van der Waals surface area contributed by atoms with Crippen LogP contribution < -0.4 is 11.5 Å². The number of imide groups is 1. The summed E-state index contributed by atoms with van der Waals surface area (Å²) in [5.74, 6) is -0.286. The third kappa shape index (κ3) is 3.76. The zero-order valence-corrected chi connectivity index (χ0v) is 15.9. The minimum atomic E-state index is -1.24. The van der Waals surface area contributed by atoms with Crippen LogP contribution in [0.1, 0.15) is 64.4 Å². The van der Waals surface area contributed by atoms with Crippen molar-refractivity contribution in [1.29, 1.82) is 0 Å². The van der Waals surface area contributed by atoms with Crippen molar-refractivity contribution in [2.24, 2.45) is 11.5 Å². The van der Waals surface area contributed by atoms with Crippen LogP contribution in [-0.2, 0) is 15.1 Å². The maximum Gasteiger partial charge on any atom is 0.419 e. The number of ether oxygens (including phenoxy) is 1. The first-order valence-electron chi connectivity index (χ1n) is 9.51. The second-order valence-corrected chi connectivity index (χ2v) is 7.14. The Balaban J connectivity index is 2.31. The summed E-state index contributed by atoms with van der Waals surface area (Å²) >= 11 is 0. The smallest absolute Gasteiger partial charge is 0.419 e. The first kappa shape index (κ1) is 20.4. The van der Waals surface area contributed by atoms with Gasteiger partial charge in [0.25, 0.3) is 0 Å². The molecule has 0 radical (unpaired) electrons. The predicted octanol–water partition coefficient (Wildman–Crippen LogP) is 3.24. The van der Waals surface area contributed by atoms with Gasteiger partial charge in [-0.15, -0.1) is 0 Å². The molecule has 4 N–H and O–H groups in total. The number of nitrogens with two attached hydrogens (primary N) is 2. The van der Waals surface area contributed by atoms with E-state index in [2.05, 4.69) is 6.92 Å². The SMILES string of the molecule is CCCC[C@]1(c2ccccc2)OC(=O)N(C(=O)CCCCCN)[C@]1(C)N. The molecule has 1 fully saturated rings. The highest BCUT2D eigenvalue weighted by Gasteiger charge is 2.63. The topological polar surface area (TPSA) is 98.6 Å². The zero-order valence-electron chi connectivity index (χ0n) is 15.9. The van der Waals surface area contributed by atoms with Crippen LogP contribution >= 0.6 is 0 Å². The average Bonchev–Trinajstić information content (AvgIpc) is 2.83. The summed E-state index contributed by atoms with van der Waals surface area (Å²) in [4.78, 5) is 26.5. The molecule has 1 aliphatic rings. The zero-order chi connectivity index (χ0) is 19.2. The number of cyclic esters (lactones) is 1. The number of benzene rings is 1. The lowest BCUT2D eigenvalue weighted by Gasteiger charge is -2.40. The van der Waals surface area contributed by atoms with Gasteiger partial charge in [-0.05, 0) is 44.7 Å². The minimum Gasteiger partial charge on any atom is -0.434 e. The second-order valence-electron chi connectivity index (χ2n) is 7.14. The van der Waals surface area contributed by atoms with Gasteiger partial charge in [0, 0.05) is 6.42 Å². The van der Waals surface area contributed by atoms with Gasteiger partial charge in [-0.2, -0.15) is 0 Å². The fraction of sp³-hybridized carbons (Fsp3) is 0.600. The van der Waals surface area contributed by atoms with Crippen LogP contribution in [0, 0.1) is 0 Å². The van der Waals surface area contributed by atoms with Crippen LogP contribution in [0.5, 0.6) is 0 Å². The molecular weight excluding hydrogens is 330 g/mol. The fourth-order valence-corrected chi connectivity index (χ4v) is 3.67. The van der Waals surface area contributed by atoms with E-state index in [1.54, 1.807) is 6.92 Å². The molecular formula is C20H31N3O3. The normalized spacial score (nSPS) is 25.4. The van der Waals surface area contributed by atoms with E-state index in [4.69, 9.17) is 16.2 Å². The Hall–Kier alpha value is -1.92. The third-order valence-corrected chi connectivity index (χ3v) is 5.19. The Morgan fingerprint density at radius 1 is 1.15 bits per heavy atom. The number of hydrogen-bond donors (Lipinski definition) is 2. The Morgan fingerprint density at radius 3 is 2.46 bits per heavy atom. The summed E-state index contributed by atoms with van der Waals surface area (Å²) in [6, 6.07) is 9.50. The van der Waals surface area contributed by atoms with Gasteiger partial charge in [0.15, 0.2) is 5.60 Å². The first-order valence-corrected chi connectivity index (χ1v) is 9.51. The van der Waals surface area contributed by atoms with E-state index in [0.717, 1.165) is 36.1 Å². The van der Waals surface area contributed by atoms with Gasteiger partial charge in [0.1, 0.15) is 5.66 Å². The van der Waals surface area contributed by atoms with E-state index in [9.17, 15) is 9.59 Å². The van der Waals surface area contributed by atoms with Crippen molar-refractivity contribution in [3.05, 3.63) is 35.9 Å². The molecule has 1 aromatic rings. The molecule has 0 bridgehead atoms. The molecule has 1 aromatic carbocycles. The molecule has 144 valence electrons. The van der Waals surface area contributed by atoms with Crippen molar-refractivity contribution in [3.63, 3.8) is 0 Å². The Morgan fingerprint density at radius 2 is 1.85 bits per heavy atom. The van der Waals surface area contributed by atoms with Crippen LogP contribution in [0.25, 0.3) is 0 Å². The number of hydrogen-bond acceptors (Lipinski definition) is 5. The molecule has 0 unspecified atom stereocenters. The number of carbonyl (C=O) groups excluding carboxylic acids is 2. The molecule has 0 saturated carbocycles. The maximum atomic E-state index is 12.7. The number of carbonyl (C=O) groups is 2. The van der Waals surface area contributed by atoms with Gasteiger partial charge in [-0.25, -0.2) is 9.69 Å². The molecule has 0 spiro atoms. The van der Waals surface area contributed by atoms with E-state index < -0.39 is 17.4 Å². The third-order valence-electron chi connectivity index (χ3n) is 5.19. The van der Waals surface area contributed by atoms with Gasteiger partial charge in [-0.3, -0.25) is 4.79 Å². The first-order chi connectivity index (χ1) is 12.4. The van der Waals surface area contributed by atoms with Crippen molar-refractivity contribution in [3.8, 4) is 0 Å². The predicted molar refractivity (Wildman–Crippen MR) is 101 cm³/mol. The lowest BCUT2D eigenvalue weighted by atomic mass is 9.78. The van der Waals surface area contributed by atoms with Crippen LogP contribution in [0.15, 0.2) is 30.3 Å². The summed E-state index contributed by atoms with van der Waals surface area (Å²) in [6.45, 7) is 4.39. The number of unbranched alkanes of at least 4 members (excludes halogenated alkanes) is 3. The maximum absolute atomic E-state index is 12.7. The fourth-order valence-electron chi connectivity index (χ4n) is 3.67. The van der Waals surface area contributed by atoms with E-state index in [1.807, 2.05) is 30.3 Å². The van der Waals surface area contributed by atoms with Gasteiger partial charge in [0.2, 0.25) is 5.91 Å². The quantitative estimate of drug-likeness (QED) is 0.658. The molecule has 6 heteroatoms. The summed E-state index contributed by atoms with van der Waals surface area (Å²) < 4.78 is 5.83. The Labute approximate surface area is 155 Å². The lowest BCUT2D eigenvalue weighted by Crippen LogP contribution is -2.62. The monoisotopic (exact) mass is 361 g/mol. The molecule has 6 nitrogen and oxygen atoms in total. The molecule has 0 aliphatic carbocycles. The van der Waals surface area contributed by atoms with Gasteiger partial charge in [0.05, 0.1) is 0 Å². The number of amides is 2. The summed E-state index contributed by atoms with van der Waals surface area (Å²) in [6.07, 6.45) is 4.36. The van der Waals surface area contributed by atoms with E-state index >= 15 is 0 Å². The summed E-state index contributed by atoms with van der Waals surface area (Å²) in [5.41, 5.74) is 10.7. The molecule has 2 amide bonds. The lowest BCUT2D eigenvalue weighted by molar-refractivity contribution is -0.133. The van der Waals surface area contributed by atoms with Crippen LogP contribution in [0.2, 0.25) is 0 Å². The minimum absolute atomic E-state index is 0.264. The van der Waals surface area contributed by atoms with Crippen molar-refractivity contribution >= 4 is 12.0 Å². The summed E-state index contributed by atoms with van der Waals surface area (Å²) in [7, 11) is 0. The molecule has 2 atom stereocenters. The van der Waals surface area contributed by atoms with E-state index in [0.29, 0.717) is 19.4 Å². The molecule has 0 aromatic heterocycles. The van der Waals surface area contributed by atoms with Crippen LogP contribution in [0.3, 0.4) is 0 Å². The number of rotatable bonds is 9. The van der Waals surface area contributed by atoms with E-state index in [-0.39, 0.29) is 12.3 Å². The van der Waals surface area contributed by atoms with Crippen molar-refractivity contribution in [1.82, 2.24) is 4.90 Å². The molecule has 2 rings (SSSR count). The highest BCUT2D eigenvalue weighted by Crippen LogP contribution is 2.47. The van der Waals surface area contributed by atoms with Crippen LogP contribution in [-0.4, -0.2) is 29.1 Å². The van der Waals surface area contributed by atoms with Gasteiger partial charge >= 0.3 is 6.09 Å². The molecule has 1 aliphatic heterocycles. The van der Waals surface area contributed by atoms with Crippen molar-refractivity contribution < 1.29 is 14.3 Å². The molecule has 1 heterocycles. The van der Waals surface area contributed by atoms with Gasteiger partial charge < -0.3 is 16.2 Å². The Bertz CT molecular complexity index is 618. The highest BCUT2D eigenvalue weighted by molar-refractivity contribution is 5.95. The van der Waals surface area contributed by atoms with Crippen molar-refractivity contribution in [2.75, 3.05) is 6.54 Å². The highest BCUT2D eigenvalue weighted by atomic mass is 16.6. The van der Waals surface area contributed by atoms with Crippen LogP contribution in [0.4, 0.5) is 4.79 Å². The van der Waals surface area contributed by atoms with Gasteiger partial charge in [-0.1, -0.05) is 50.1 Å². The standard InChI is InChI=1S/C20H31N3O3/c1-3-4-14-20(16-11-7-5-8-12-16)19(2,22)23(18(25)26-20)17(24)13-9-6-10-15-21/h5,7-8,11-12H,3-4,6,9-10,13-15,21-22H2,1-2H3/t19-,20+/m0/s1. The van der Waals surface area contributed by atoms with Crippen molar-refractivity contribution in [2.45, 2.75) is 70.1 Å². The summed E-state index contributed by atoms with van der Waals surface area (Å²) in [5, 5.41) is 0. The number of nitrogens with zero attached hydrogens (tertiary/aromatic N) is 1. The molecule has 1 saturated heterocycles. The Kier molecular flexibility index (Phi) is 6.78. The van der Waals surface area contributed by atoms with E-state index in [1.165, 1.54) is 0 Å².